The number of hydrogen-bond donors (Lipinski definition) is 4. The highest BCUT2D eigenvalue weighted by atomic mass is 16.3. The van der Waals surface area contributed by atoms with Gasteiger partial charge >= 0.3 is 0 Å². The van der Waals surface area contributed by atoms with Gasteiger partial charge in [-0.25, -0.2) is 0 Å². The summed E-state index contributed by atoms with van der Waals surface area (Å²) in [6, 6.07) is -0.825. The second-order valence-electron chi connectivity index (χ2n) is 19.1. The molecule has 3 atom stereocenters. The lowest BCUT2D eigenvalue weighted by Gasteiger charge is -2.26. The van der Waals surface area contributed by atoms with Crippen molar-refractivity contribution in [1.82, 2.24) is 5.32 Å². The Hall–Kier alpha value is -1.17. The summed E-state index contributed by atoms with van der Waals surface area (Å²) < 4.78 is 0. The van der Waals surface area contributed by atoms with Crippen molar-refractivity contribution in [3.8, 4) is 0 Å². The van der Waals surface area contributed by atoms with Gasteiger partial charge in [0.25, 0.3) is 0 Å². The van der Waals surface area contributed by atoms with Crippen LogP contribution in [-0.4, -0.2) is 46.1 Å². The van der Waals surface area contributed by atoms with E-state index in [2.05, 4.69) is 43.5 Å². The first-order valence-corrected chi connectivity index (χ1v) is 27.6. The third kappa shape index (κ3) is 46.6. The van der Waals surface area contributed by atoms with Crippen LogP contribution in [0.15, 0.2) is 24.3 Å². The zero-order valence-corrected chi connectivity index (χ0v) is 41.3. The predicted molar refractivity (Wildman–Crippen MR) is 268 cm³/mol. The summed E-state index contributed by atoms with van der Waals surface area (Å²) in [5.74, 6) is -0.151. The molecular weight excluding hydrogens is 751 g/mol. The molecule has 0 saturated carbocycles. The van der Waals surface area contributed by atoms with Crippen molar-refractivity contribution < 1.29 is 20.1 Å². The molecule has 61 heavy (non-hydrogen) atoms. The van der Waals surface area contributed by atoms with Crippen LogP contribution in [0.3, 0.4) is 0 Å². The standard InChI is InChI=1S/C56H109NO4/c1-3-5-7-9-11-13-15-17-19-21-23-25-26-27-28-29-30-31-33-35-37-39-41-43-45-47-49-51-55(60)57-53(52-58)56(61)54(59)50-48-46-44-42-40-38-36-34-32-24-22-20-18-16-14-12-10-8-6-4-2/h27-28,42,44,53-54,56,58-59,61H,3-26,29-41,43,45-52H2,1-2H3,(H,57,60)/b28-27-,44-42+. The molecule has 0 aromatic heterocycles. The summed E-state index contributed by atoms with van der Waals surface area (Å²) in [7, 11) is 0. The largest absolute Gasteiger partial charge is 0.394 e. The molecule has 0 rings (SSSR count). The lowest BCUT2D eigenvalue weighted by molar-refractivity contribution is -0.124. The highest BCUT2D eigenvalue weighted by molar-refractivity contribution is 5.76. The van der Waals surface area contributed by atoms with Crippen molar-refractivity contribution >= 4 is 5.91 Å². The fourth-order valence-electron chi connectivity index (χ4n) is 8.75. The Labute approximate surface area is 382 Å². The summed E-state index contributed by atoms with van der Waals surface area (Å²) >= 11 is 0. The first kappa shape index (κ1) is 59.8. The van der Waals surface area contributed by atoms with Crippen LogP contribution in [0.25, 0.3) is 0 Å². The number of nitrogens with one attached hydrogen (secondary N) is 1. The van der Waals surface area contributed by atoms with E-state index in [1.807, 2.05) is 0 Å². The van der Waals surface area contributed by atoms with Crippen LogP contribution in [0.5, 0.6) is 0 Å². The maximum atomic E-state index is 12.5. The van der Waals surface area contributed by atoms with Gasteiger partial charge in [0, 0.05) is 6.42 Å². The molecule has 0 aliphatic carbocycles. The Bertz CT molecular complexity index is 905. The number of carbonyl (C=O) groups is 1. The van der Waals surface area contributed by atoms with E-state index in [1.165, 1.54) is 238 Å². The summed E-state index contributed by atoms with van der Waals surface area (Å²) in [5, 5.41) is 33.7. The zero-order valence-electron chi connectivity index (χ0n) is 41.3. The molecule has 0 aromatic carbocycles. The minimum atomic E-state index is -1.16. The van der Waals surface area contributed by atoms with Crippen LogP contribution < -0.4 is 5.32 Å². The van der Waals surface area contributed by atoms with E-state index >= 15 is 0 Å². The van der Waals surface area contributed by atoms with Gasteiger partial charge in [0.1, 0.15) is 6.10 Å². The van der Waals surface area contributed by atoms with Gasteiger partial charge in [-0.1, -0.05) is 256 Å². The Morgan fingerprint density at radius 3 is 0.951 bits per heavy atom. The van der Waals surface area contributed by atoms with Gasteiger partial charge in [0.2, 0.25) is 5.91 Å². The van der Waals surface area contributed by atoms with Crippen LogP contribution in [0, 0.1) is 0 Å². The average Bonchev–Trinajstić information content (AvgIpc) is 3.26. The molecular formula is C56H109NO4. The van der Waals surface area contributed by atoms with Gasteiger partial charge in [0.05, 0.1) is 18.8 Å². The number of amides is 1. The topological polar surface area (TPSA) is 89.8 Å². The molecule has 5 heteroatoms. The Morgan fingerprint density at radius 1 is 0.393 bits per heavy atom. The molecule has 0 radical (unpaired) electrons. The van der Waals surface area contributed by atoms with Crippen LogP contribution >= 0.6 is 0 Å². The van der Waals surface area contributed by atoms with E-state index in [0.717, 1.165) is 38.5 Å². The van der Waals surface area contributed by atoms with Crippen molar-refractivity contribution in [2.24, 2.45) is 0 Å². The maximum absolute atomic E-state index is 12.5. The average molecular weight is 860 g/mol. The smallest absolute Gasteiger partial charge is 0.220 e. The molecule has 0 spiro atoms. The third-order valence-corrected chi connectivity index (χ3v) is 13.0. The number of unbranched alkanes of at least 4 members (excludes halogenated alkanes) is 39. The number of carbonyl (C=O) groups excluding carboxylic acids is 1. The number of aliphatic hydroxyl groups excluding tert-OH is 3. The molecule has 0 fully saturated rings. The molecule has 0 aliphatic heterocycles. The van der Waals surface area contributed by atoms with E-state index in [9.17, 15) is 20.1 Å². The molecule has 5 nitrogen and oxygen atoms in total. The van der Waals surface area contributed by atoms with Crippen LogP contribution in [0.1, 0.15) is 303 Å². The second kappa shape index (κ2) is 51.5. The van der Waals surface area contributed by atoms with Crippen LogP contribution in [0.4, 0.5) is 0 Å². The molecule has 0 bridgehead atoms. The second-order valence-corrected chi connectivity index (χ2v) is 19.1. The van der Waals surface area contributed by atoms with Crippen molar-refractivity contribution in [3.05, 3.63) is 24.3 Å². The van der Waals surface area contributed by atoms with E-state index in [0.29, 0.717) is 12.8 Å². The first-order valence-electron chi connectivity index (χ1n) is 27.6. The van der Waals surface area contributed by atoms with E-state index in [4.69, 9.17) is 0 Å². The van der Waals surface area contributed by atoms with Crippen molar-refractivity contribution in [2.45, 2.75) is 321 Å². The van der Waals surface area contributed by atoms with E-state index in [1.54, 1.807) is 0 Å². The molecule has 1 amide bonds. The molecule has 3 unspecified atom stereocenters. The minimum Gasteiger partial charge on any atom is -0.394 e. The Morgan fingerprint density at radius 2 is 0.656 bits per heavy atom. The van der Waals surface area contributed by atoms with Crippen LogP contribution in [-0.2, 0) is 4.79 Å². The fraction of sp³-hybridized carbons (Fsp3) is 0.911. The quantitative estimate of drug-likeness (QED) is 0.0362. The summed E-state index contributed by atoms with van der Waals surface area (Å²) in [4.78, 5) is 12.5. The lowest BCUT2D eigenvalue weighted by atomic mass is 10.0. The SMILES string of the molecule is CCCCCCCCCCCCCC/C=C\CCCCCCCCCCCCCC(=O)NC(CO)C(O)C(O)CCC/C=C/CCCCCCCCCCCCCCCCC. The lowest BCUT2D eigenvalue weighted by Crippen LogP contribution is -2.50. The van der Waals surface area contributed by atoms with Gasteiger partial charge in [0.15, 0.2) is 0 Å². The summed E-state index contributed by atoms with van der Waals surface area (Å²) in [6.07, 6.45) is 64.7. The molecule has 0 aromatic rings. The van der Waals surface area contributed by atoms with Crippen molar-refractivity contribution in [1.29, 1.82) is 0 Å². The molecule has 0 saturated heterocycles. The summed E-state index contributed by atoms with van der Waals surface area (Å²) in [5.41, 5.74) is 0. The minimum absolute atomic E-state index is 0.151. The third-order valence-electron chi connectivity index (χ3n) is 13.0. The highest BCUT2D eigenvalue weighted by Gasteiger charge is 2.26. The fourth-order valence-corrected chi connectivity index (χ4v) is 8.75. The van der Waals surface area contributed by atoms with Gasteiger partial charge < -0.3 is 20.6 Å². The van der Waals surface area contributed by atoms with Gasteiger partial charge in [-0.3, -0.25) is 4.79 Å². The molecule has 0 heterocycles. The van der Waals surface area contributed by atoms with Crippen molar-refractivity contribution in [3.63, 3.8) is 0 Å². The predicted octanol–water partition coefficient (Wildman–Crippen LogP) is 16.9. The number of aliphatic hydroxyl groups is 3. The zero-order chi connectivity index (χ0) is 44.4. The maximum Gasteiger partial charge on any atom is 0.220 e. The van der Waals surface area contributed by atoms with Gasteiger partial charge in [-0.2, -0.15) is 0 Å². The van der Waals surface area contributed by atoms with Gasteiger partial charge in [-0.15, -0.1) is 0 Å². The van der Waals surface area contributed by atoms with E-state index < -0.39 is 18.2 Å². The monoisotopic (exact) mass is 860 g/mol. The summed E-state index contributed by atoms with van der Waals surface area (Å²) in [6.45, 7) is 4.20. The Kier molecular flexibility index (Phi) is 50.5. The first-order chi connectivity index (χ1) is 30.1. The van der Waals surface area contributed by atoms with Gasteiger partial charge in [-0.05, 0) is 64.2 Å². The Balaban J connectivity index is 3.56. The molecule has 0 aliphatic rings. The number of allylic oxidation sites excluding steroid dienone is 4. The molecule has 362 valence electrons. The van der Waals surface area contributed by atoms with Crippen LogP contribution in [0.2, 0.25) is 0 Å². The highest BCUT2D eigenvalue weighted by Crippen LogP contribution is 2.17. The van der Waals surface area contributed by atoms with Crippen molar-refractivity contribution in [2.75, 3.05) is 6.61 Å². The van der Waals surface area contributed by atoms with E-state index in [-0.39, 0.29) is 12.5 Å². The number of hydrogen-bond acceptors (Lipinski definition) is 4. The molecule has 4 N–H and O–H groups in total. The normalized spacial score (nSPS) is 13.5. The number of rotatable bonds is 51.